The summed E-state index contributed by atoms with van der Waals surface area (Å²) in [6.07, 6.45) is 0.531. The fourth-order valence-corrected chi connectivity index (χ4v) is 1.24. The molecule has 0 spiro atoms. The number of halogens is 3. The average Bonchev–Trinajstić information content (AvgIpc) is 1.92. The summed E-state index contributed by atoms with van der Waals surface area (Å²) in [6.45, 7) is 4.17. The average molecular weight is 231 g/mol. The van der Waals surface area contributed by atoms with E-state index in [9.17, 15) is 18.3 Å². The van der Waals surface area contributed by atoms with Gasteiger partial charge in [-0.05, 0) is 38.6 Å². The number of rotatable bonds is 6. The van der Waals surface area contributed by atoms with Crippen molar-refractivity contribution in [1.29, 1.82) is 0 Å². The molecule has 0 atom stereocenters. The second-order valence-corrected chi connectivity index (χ2v) is 4.77. The third-order valence-electron chi connectivity index (χ3n) is 1.46. The van der Waals surface area contributed by atoms with Gasteiger partial charge in [-0.3, -0.25) is 0 Å². The van der Waals surface area contributed by atoms with E-state index in [1.807, 2.05) is 0 Å². The minimum Gasteiger partial charge on any atom is -0.390 e. The molecule has 2 N–H and O–H groups in total. The van der Waals surface area contributed by atoms with Crippen LogP contribution in [0.3, 0.4) is 0 Å². The molecule has 0 aromatic carbocycles. The molecule has 0 aromatic rings. The Balaban J connectivity index is 3.23. The van der Waals surface area contributed by atoms with Crippen molar-refractivity contribution in [2.45, 2.75) is 31.4 Å². The van der Waals surface area contributed by atoms with Crippen molar-refractivity contribution in [3.8, 4) is 0 Å². The molecule has 0 aliphatic heterocycles. The standard InChI is InChI=1S/C8H16F3NOS/c1-7(2,13)3-4-12-5-6-14-8(9,10)11/h12-13H,3-6H2,1-2H3. The molecule has 0 heterocycles. The zero-order valence-electron chi connectivity index (χ0n) is 8.32. The highest BCUT2D eigenvalue weighted by Gasteiger charge is 2.27. The maximum Gasteiger partial charge on any atom is 0.441 e. The summed E-state index contributed by atoms with van der Waals surface area (Å²) in [6, 6.07) is 0. The summed E-state index contributed by atoms with van der Waals surface area (Å²) < 4.78 is 34.9. The van der Waals surface area contributed by atoms with E-state index in [4.69, 9.17) is 0 Å². The normalized spacial score (nSPS) is 13.3. The predicted molar refractivity (Wildman–Crippen MR) is 52.3 cm³/mol. The molecule has 0 saturated heterocycles. The lowest BCUT2D eigenvalue weighted by atomic mass is 10.1. The molecule has 0 aliphatic carbocycles. The van der Waals surface area contributed by atoms with Gasteiger partial charge in [0.1, 0.15) is 0 Å². The number of thioether (sulfide) groups is 1. The minimum atomic E-state index is -4.14. The van der Waals surface area contributed by atoms with Crippen LogP contribution in [-0.4, -0.2) is 35.1 Å². The molecule has 0 bridgehead atoms. The molecule has 0 fully saturated rings. The Kier molecular flexibility index (Phi) is 5.85. The van der Waals surface area contributed by atoms with E-state index < -0.39 is 11.1 Å². The van der Waals surface area contributed by atoms with E-state index in [2.05, 4.69) is 5.32 Å². The third-order valence-corrected chi connectivity index (χ3v) is 2.19. The molecule has 0 rings (SSSR count). The van der Waals surface area contributed by atoms with Crippen LogP contribution in [-0.2, 0) is 0 Å². The minimum absolute atomic E-state index is 0.00928. The van der Waals surface area contributed by atoms with Gasteiger partial charge in [0.05, 0.1) is 5.60 Å². The maximum atomic E-state index is 11.6. The van der Waals surface area contributed by atoms with Crippen LogP contribution >= 0.6 is 11.8 Å². The first kappa shape index (κ1) is 14.1. The van der Waals surface area contributed by atoms with E-state index in [0.717, 1.165) is 0 Å². The smallest absolute Gasteiger partial charge is 0.390 e. The van der Waals surface area contributed by atoms with Gasteiger partial charge in [-0.25, -0.2) is 0 Å². The molecule has 0 amide bonds. The first-order valence-corrected chi connectivity index (χ1v) is 5.33. The van der Waals surface area contributed by atoms with Gasteiger partial charge in [-0.1, -0.05) is 0 Å². The van der Waals surface area contributed by atoms with Crippen LogP contribution in [0.5, 0.6) is 0 Å². The van der Waals surface area contributed by atoms with Crippen LogP contribution in [0.25, 0.3) is 0 Å². The Morgan fingerprint density at radius 2 is 1.79 bits per heavy atom. The summed E-state index contributed by atoms with van der Waals surface area (Å²) in [5.41, 5.74) is -4.90. The topological polar surface area (TPSA) is 32.3 Å². The summed E-state index contributed by atoms with van der Waals surface area (Å²) in [4.78, 5) is 0. The summed E-state index contributed by atoms with van der Waals surface area (Å²) in [5, 5.41) is 12.1. The molecular formula is C8H16F3NOS. The summed E-state index contributed by atoms with van der Waals surface area (Å²) in [5.74, 6) is 0.00928. The zero-order chi connectivity index (χ0) is 11.2. The van der Waals surface area contributed by atoms with Crippen molar-refractivity contribution in [2.24, 2.45) is 0 Å². The van der Waals surface area contributed by atoms with Crippen molar-refractivity contribution in [3.63, 3.8) is 0 Å². The van der Waals surface area contributed by atoms with Gasteiger partial charge in [-0.2, -0.15) is 13.2 Å². The Morgan fingerprint density at radius 1 is 1.21 bits per heavy atom. The second kappa shape index (κ2) is 5.82. The number of hydrogen-bond donors (Lipinski definition) is 2. The number of hydrogen-bond acceptors (Lipinski definition) is 3. The van der Waals surface area contributed by atoms with Crippen molar-refractivity contribution in [3.05, 3.63) is 0 Å². The lowest BCUT2D eigenvalue weighted by Gasteiger charge is -2.16. The number of aliphatic hydroxyl groups is 1. The zero-order valence-corrected chi connectivity index (χ0v) is 9.13. The van der Waals surface area contributed by atoms with Gasteiger partial charge < -0.3 is 10.4 Å². The Hall–Kier alpha value is 0.0600. The molecule has 86 valence electrons. The van der Waals surface area contributed by atoms with Crippen molar-refractivity contribution in [1.82, 2.24) is 5.32 Å². The highest BCUT2D eigenvalue weighted by Crippen LogP contribution is 2.29. The van der Waals surface area contributed by atoms with Crippen molar-refractivity contribution < 1.29 is 18.3 Å². The van der Waals surface area contributed by atoms with Gasteiger partial charge in [0, 0.05) is 12.3 Å². The molecule has 2 nitrogen and oxygen atoms in total. The largest absolute Gasteiger partial charge is 0.441 e. The lowest BCUT2D eigenvalue weighted by molar-refractivity contribution is -0.0327. The number of nitrogens with one attached hydrogen (secondary N) is 1. The molecule has 0 radical (unpaired) electrons. The molecule has 0 aromatic heterocycles. The van der Waals surface area contributed by atoms with Crippen LogP contribution in [0.4, 0.5) is 13.2 Å². The third kappa shape index (κ3) is 12.1. The Labute approximate surface area is 86.3 Å². The SMILES string of the molecule is CC(C)(O)CCNCCSC(F)(F)F. The van der Waals surface area contributed by atoms with Gasteiger partial charge >= 0.3 is 5.51 Å². The molecule has 0 saturated carbocycles. The van der Waals surface area contributed by atoms with E-state index >= 15 is 0 Å². The quantitative estimate of drug-likeness (QED) is 0.686. The van der Waals surface area contributed by atoms with Gasteiger partial charge in [-0.15, -0.1) is 0 Å². The van der Waals surface area contributed by atoms with E-state index in [0.29, 0.717) is 19.5 Å². The summed E-state index contributed by atoms with van der Waals surface area (Å²) in [7, 11) is 0. The summed E-state index contributed by atoms with van der Waals surface area (Å²) >= 11 is -0.0335. The van der Waals surface area contributed by atoms with Gasteiger partial charge in [0.25, 0.3) is 0 Å². The first-order valence-electron chi connectivity index (χ1n) is 4.34. The van der Waals surface area contributed by atoms with Crippen LogP contribution in [0.2, 0.25) is 0 Å². The maximum absolute atomic E-state index is 11.6. The van der Waals surface area contributed by atoms with Crippen LogP contribution in [0.15, 0.2) is 0 Å². The van der Waals surface area contributed by atoms with Gasteiger partial charge in [0.15, 0.2) is 0 Å². The molecular weight excluding hydrogens is 215 g/mol. The van der Waals surface area contributed by atoms with Crippen molar-refractivity contribution >= 4 is 11.8 Å². The highest BCUT2D eigenvalue weighted by molar-refractivity contribution is 8.00. The van der Waals surface area contributed by atoms with Crippen LogP contribution in [0.1, 0.15) is 20.3 Å². The van der Waals surface area contributed by atoms with E-state index in [-0.39, 0.29) is 17.5 Å². The second-order valence-electron chi connectivity index (χ2n) is 3.61. The van der Waals surface area contributed by atoms with Gasteiger partial charge in [0.2, 0.25) is 0 Å². The van der Waals surface area contributed by atoms with Crippen LogP contribution in [0, 0.1) is 0 Å². The lowest BCUT2D eigenvalue weighted by Crippen LogP contribution is -2.28. The van der Waals surface area contributed by atoms with E-state index in [1.54, 1.807) is 13.8 Å². The highest BCUT2D eigenvalue weighted by atomic mass is 32.2. The molecule has 6 heteroatoms. The molecule has 0 unspecified atom stereocenters. The Morgan fingerprint density at radius 3 is 2.21 bits per heavy atom. The van der Waals surface area contributed by atoms with Crippen molar-refractivity contribution in [2.75, 3.05) is 18.8 Å². The molecule has 14 heavy (non-hydrogen) atoms. The Bertz CT molecular complexity index is 138. The van der Waals surface area contributed by atoms with Crippen LogP contribution < -0.4 is 5.32 Å². The predicted octanol–water partition coefficient (Wildman–Crippen LogP) is 1.99. The van der Waals surface area contributed by atoms with E-state index in [1.165, 1.54) is 0 Å². The first-order chi connectivity index (χ1) is 6.21. The monoisotopic (exact) mass is 231 g/mol. The molecule has 0 aliphatic rings. The number of alkyl halides is 3. The fraction of sp³-hybridized carbons (Fsp3) is 1.00. The fourth-order valence-electron chi connectivity index (χ4n) is 0.758.